The number of benzene rings is 1. The van der Waals surface area contributed by atoms with E-state index < -0.39 is 6.36 Å². The lowest BCUT2D eigenvalue weighted by Crippen LogP contribution is -2.36. The van der Waals surface area contributed by atoms with Gasteiger partial charge < -0.3 is 10.1 Å². The van der Waals surface area contributed by atoms with Crippen molar-refractivity contribution in [3.63, 3.8) is 0 Å². The number of nitrogens with zero attached hydrogens (tertiary/aromatic N) is 1. The molecule has 0 bridgehead atoms. The quantitative estimate of drug-likeness (QED) is 0.811. The molecule has 2 aromatic rings. The number of rotatable bonds is 6. The van der Waals surface area contributed by atoms with Gasteiger partial charge in [0.2, 0.25) is 0 Å². The Morgan fingerprint density at radius 2 is 1.88 bits per heavy atom. The Kier molecular flexibility index (Phi) is 5.83. The normalized spacial score (nSPS) is 16.4. The molecule has 1 N–H and O–H groups in total. The number of carbonyl (C=O) groups excluding carboxylic acids is 1. The van der Waals surface area contributed by atoms with Crippen LogP contribution in [0.25, 0.3) is 0 Å². The minimum Gasteiger partial charge on any atom is -0.406 e. The Morgan fingerprint density at radius 1 is 1.19 bits per heavy atom. The minimum atomic E-state index is -4.74. The first-order chi connectivity index (χ1) is 12.4. The summed E-state index contributed by atoms with van der Waals surface area (Å²) in [6.07, 6.45) is -2.44. The van der Waals surface area contributed by atoms with Crippen molar-refractivity contribution < 1.29 is 22.7 Å². The second kappa shape index (κ2) is 8.09. The van der Waals surface area contributed by atoms with Crippen molar-refractivity contribution in [2.24, 2.45) is 0 Å². The molecule has 140 valence electrons. The van der Waals surface area contributed by atoms with Crippen molar-refractivity contribution >= 4 is 17.2 Å². The van der Waals surface area contributed by atoms with E-state index >= 15 is 0 Å². The summed E-state index contributed by atoms with van der Waals surface area (Å²) in [7, 11) is 0. The van der Waals surface area contributed by atoms with Crippen LogP contribution in [0.1, 0.15) is 34.1 Å². The smallest absolute Gasteiger partial charge is 0.406 e. The lowest BCUT2D eigenvalue weighted by molar-refractivity contribution is -0.274. The molecule has 26 heavy (non-hydrogen) atoms. The van der Waals surface area contributed by atoms with Crippen LogP contribution in [-0.2, 0) is 0 Å². The molecule has 3 rings (SSSR count). The summed E-state index contributed by atoms with van der Waals surface area (Å²) < 4.78 is 40.4. The van der Waals surface area contributed by atoms with Crippen molar-refractivity contribution in [1.29, 1.82) is 0 Å². The van der Waals surface area contributed by atoms with Gasteiger partial charge in [-0.25, -0.2) is 0 Å². The Balaban J connectivity index is 1.61. The fourth-order valence-corrected chi connectivity index (χ4v) is 3.90. The first kappa shape index (κ1) is 18.7. The Hall–Kier alpha value is -2.06. The van der Waals surface area contributed by atoms with Crippen molar-refractivity contribution in [2.45, 2.75) is 25.2 Å². The average Bonchev–Trinajstić information content (AvgIpc) is 3.28. The van der Waals surface area contributed by atoms with Crippen LogP contribution in [0.3, 0.4) is 0 Å². The number of nitrogens with one attached hydrogen (secondary N) is 1. The number of hydrogen-bond donors (Lipinski definition) is 1. The lowest BCUT2D eigenvalue weighted by Gasteiger charge is -2.27. The van der Waals surface area contributed by atoms with Crippen LogP contribution in [0.5, 0.6) is 5.75 Å². The molecule has 1 saturated heterocycles. The maximum atomic E-state index is 12.3. The molecule has 1 aromatic heterocycles. The van der Waals surface area contributed by atoms with E-state index in [1.807, 2.05) is 11.4 Å². The van der Waals surface area contributed by atoms with Crippen molar-refractivity contribution in [3.8, 4) is 5.75 Å². The first-order valence-corrected chi connectivity index (χ1v) is 9.22. The third-order valence-electron chi connectivity index (χ3n) is 4.26. The summed E-state index contributed by atoms with van der Waals surface area (Å²) in [6.45, 7) is 2.46. The molecule has 1 aromatic carbocycles. The summed E-state index contributed by atoms with van der Waals surface area (Å²) >= 11 is 1.66. The molecule has 0 aliphatic carbocycles. The fourth-order valence-electron chi connectivity index (χ4n) is 3.04. The molecule has 1 aliphatic rings. The minimum absolute atomic E-state index is 0.120. The van der Waals surface area contributed by atoms with Crippen LogP contribution in [0.4, 0.5) is 13.2 Å². The number of thiophene rings is 1. The van der Waals surface area contributed by atoms with Crippen molar-refractivity contribution in [3.05, 3.63) is 52.2 Å². The molecule has 1 fully saturated rings. The molecule has 2 heterocycles. The van der Waals surface area contributed by atoms with E-state index in [0.717, 1.165) is 38.1 Å². The van der Waals surface area contributed by atoms with Crippen LogP contribution in [0, 0.1) is 0 Å². The standard InChI is InChI=1S/C18H19F3N2O2S/c19-18(20,21)25-14-7-5-13(6-8-14)17(24)22-12-15(16-4-3-11-26-16)23-9-1-2-10-23/h3-8,11,15H,1-2,9-10,12H2,(H,22,24). The lowest BCUT2D eigenvalue weighted by atomic mass is 10.1. The number of hydrogen-bond acceptors (Lipinski definition) is 4. The summed E-state index contributed by atoms with van der Waals surface area (Å²) in [4.78, 5) is 15.9. The molecule has 1 amide bonds. The van der Waals surface area contributed by atoms with Gasteiger partial charge in [0.05, 0.1) is 6.04 Å². The zero-order valence-corrected chi connectivity index (χ0v) is 14.8. The molecular weight excluding hydrogens is 365 g/mol. The van der Waals surface area contributed by atoms with Gasteiger partial charge in [-0.05, 0) is 61.6 Å². The van der Waals surface area contributed by atoms with Crippen LogP contribution < -0.4 is 10.1 Å². The fraction of sp³-hybridized carbons (Fsp3) is 0.389. The monoisotopic (exact) mass is 384 g/mol. The Bertz CT molecular complexity index is 711. The molecule has 4 nitrogen and oxygen atoms in total. The number of alkyl halides is 3. The maximum Gasteiger partial charge on any atom is 0.573 e. The molecule has 8 heteroatoms. The topological polar surface area (TPSA) is 41.6 Å². The summed E-state index contributed by atoms with van der Waals surface area (Å²) in [5.41, 5.74) is 0.297. The second-order valence-corrected chi connectivity index (χ2v) is 7.04. The van der Waals surface area contributed by atoms with Gasteiger partial charge in [0.15, 0.2) is 0 Å². The highest BCUT2D eigenvalue weighted by atomic mass is 32.1. The van der Waals surface area contributed by atoms with Gasteiger partial charge in [0.25, 0.3) is 5.91 Å². The van der Waals surface area contributed by atoms with Crippen molar-refractivity contribution in [1.82, 2.24) is 10.2 Å². The largest absolute Gasteiger partial charge is 0.573 e. The molecule has 0 radical (unpaired) electrons. The summed E-state index contributed by atoms with van der Waals surface area (Å²) in [6, 6.07) is 9.10. The predicted octanol–water partition coefficient (Wildman–Crippen LogP) is 4.21. The van der Waals surface area contributed by atoms with Crippen LogP contribution in [0.2, 0.25) is 0 Å². The van der Waals surface area contributed by atoms with Gasteiger partial charge in [-0.2, -0.15) is 0 Å². The van der Waals surface area contributed by atoms with E-state index in [-0.39, 0.29) is 17.7 Å². The highest BCUT2D eigenvalue weighted by Gasteiger charge is 2.31. The molecular formula is C18H19F3N2O2S. The highest BCUT2D eigenvalue weighted by Crippen LogP contribution is 2.28. The Labute approximate surface area is 153 Å². The summed E-state index contributed by atoms with van der Waals surface area (Å²) in [5.74, 6) is -0.660. The number of amides is 1. The molecule has 0 saturated carbocycles. The van der Waals surface area contributed by atoms with E-state index in [0.29, 0.717) is 12.1 Å². The predicted molar refractivity (Wildman–Crippen MR) is 93.3 cm³/mol. The van der Waals surface area contributed by atoms with Crippen molar-refractivity contribution in [2.75, 3.05) is 19.6 Å². The highest BCUT2D eigenvalue weighted by molar-refractivity contribution is 7.10. The third kappa shape index (κ3) is 4.98. The van der Waals surface area contributed by atoms with Gasteiger partial charge in [-0.3, -0.25) is 9.69 Å². The second-order valence-electron chi connectivity index (χ2n) is 6.06. The van der Waals surface area contributed by atoms with E-state index in [4.69, 9.17) is 0 Å². The third-order valence-corrected chi connectivity index (χ3v) is 5.23. The van der Waals surface area contributed by atoms with Gasteiger partial charge in [0.1, 0.15) is 5.75 Å². The summed E-state index contributed by atoms with van der Waals surface area (Å²) in [5, 5.41) is 4.91. The van der Waals surface area contributed by atoms with Gasteiger partial charge in [0, 0.05) is 17.0 Å². The zero-order valence-electron chi connectivity index (χ0n) is 14.0. The Morgan fingerprint density at radius 3 is 2.46 bits per heavy atom. The number of carbonyl (C=O) groups is 1. The molecule has 1 aliphatic heterocycles. The van der Waals surface area contributed by atoms with E-state index in [1.54, 1.807) is 11.3 Å². The van der Waals surface area contributed by atoms with Gasteiger partial charge in [-0.15, -0.1) is 24.5 Å². The SMILES string of the molecule is O=C(NCC(c1cccs1)N1CCCC1)c1ccc(OC(F)(F)F)cc1. The number of ether oxygens (including phenoxy) is 1. The maximum absolute atomic E-state index is 12.3. The van der Waals surface area contributed by atoms with Gasteiger partial charge in [-0.1, -0.05) is 6.07 Å². The van der Waals surface area contributed by atoms with E-state index in [9.17, 15) is 18.0 Å². The number of likely N-dealkylation sites (tertiary alicyclic amines) is 1. The first-order valence-electron chi connectivity index (χ1n) is 8.34. The van der Waals surface area contributed by atoms with Crippen LogP contribution in [-0.4, -0.2) is 36.8 Å². The zero-order chi connectivity index (χ0) is 18.6. The van der Waals surface area contributed by atoms with E-state index in [2.05, 4.69) is 21.0 Å². The average molecular weight is 384 g/mol. The molecule has 1 unspecified atom stereocenters. The van der Waals surface area contributed by atoms with Gasteiger partial charge >= 0.3 is 6.36 Å². The number of halogens is 3. The molecule has 0 spiro atoms. The van der Waals surface area contributed by atoms with Crippen LogP contribution in [0.15, 0.2) is 41.8 Å². The van der Waals surface area contributed by atoms with E-state index in [1.165, 1.54) is 17.0 Å². The van der Waals surface area contributed by atoms with Crippen LogP contribution >= 0.6 is 11.3 Å². The molecule has 1 atom stereocenters.